The molecule has 106 valence electrons. The lowest BCUT2D eigenvalue weighted by Crippen LogP contribution is -2.39. The van der Waals surface area contributed by atoms with Crippen molar-refractivity contribution in [1.29, 1.82) is 0 Å². The van der Waals surface area contributed by atoms with Crippen molar-refractivity contribution in [2.24, 2.45) is 11.8 Å². The second kappa shape index (κ2) is 5.12. The number of aromatic nitrogens is 1. The largest absolute Gasteiger partial charge is 0.397 e. The average Bonchev–Trinajstić information content (AvgIpc) is 2.26. The van der Waals surface area contributed by atoms with Crippen molar-refractivity contribution in [1.82, 2.24) is 4.98 Å². The van der Waals surface area contributed by atoms with Gasteiger partial charge in [-0.15, -0.1) is 0 Å². The summed E-state index contributed by atoms with van der Waals surface area (Å²) in [5.41, 5.74) is 7.81. The van der Waals surface area contributed by atoms with E-state index in [2.05, 4.69) is 4.98 Å². The molecule has 5 heteroatoms. The molecule has 0 bridgehead atoms. The van der Waals surface area contributed by atoms with Crippen LogP contribution >= 0.6 is 0 Å². The average molecular weight is 282 g/mol. The molecule has 1 aromatic rings. The Morgan fingerprint density at radius 1 is 1.26 bits per heavy atom. The van der Waals surface area contributed by atoms with E-state index >= 15 is 0 Å². The van der Waals surface area contributed by atoms with Crippen LogP contribution in [-0.4, -0.2) is 24.9 Å². The Hall–Kier alpha value is -1.10. The maximum absolute atomic E-state index is 11.9. The number of hydrogen-bond donors (Lipinski definition) is 1. The number of rotatable bonds is 2. The van der Waals surface area contributed by atoms with Gasteiger partial charge < -0.3 is 5.73 Å². The standard InChI is InChI=1S/C14H22N2O2S/c1-9-6-11(12-4-5-16-8-13(12)15)7-10(2)14(9)19(3,17)18/h4-5,8-11,14H,6-7,15H2,1-3H3/t9-,10+,11+,14-. The summed E-state index contributed by atoms with van der Waals surface area (Å²) >= 11 is 0. The highest BCUT2D eigenvalue weighted by Gasteiger charge is 2.39. The van der Waals surface area contributed by atoms with Gasteiger partial charge in [-0.05, 0) is 42.2 Å². The molecule has 0 spiro atoms. The van der Waals surface area contributed by atoms with Gasteiger partial charge in [-0.25, -0.2) is 8.42 Å². The second-order valence-corrected chi connectivity index (χ2v) is 8.13. The third kappa shape index (κ3) is 2.91. The quantitative estimate of drug-likeness (QED) is 0.902. The summed E-state index contributed by atoms with van der Waals surface area (Å²) in [5.74, 6) is 0.665. The van der Waals surface area contributed by atoms with Gasteiger partial charge in [0.15, 0.2) is 9.84 Å². The number of hydrogen-bond acceptors (Lipinski definition) is 4. The van der Waals surface area contributed by atoms with Gasteiger partial charge in [0, 0.05) is 12.5 Å². The molecule has 1 aliphatic carbocycles. The van der Waals surface area contributed by atoms with Crippen molar-refractivity contribution in [3.8, 4) is 0 Å². The van der Waals surface area contributed by atoms with Crippen LogP contribution in [0.1, 0.15) is 38.2 Å². The minimum Gasteiger partial charge on any atom is -0.397 e. The van der Waals surface area contributed by atoms with E-state index < -0.39 is 9.84 Å². The van der Waals surface area contributed by atoms with Crippen molar-refractivity contribution < 1.29 is 8.42 Å². The van der Waals surface area contributed by atoms with Crippen LogP contribution in [0.3, 0.4) is 0 Å². The Morgan fingerprint density at radius 3 is 2.32 bits per heavy atom. The van der Waals surface area contributed by atoms with Crippen LogP contribution in [0.4, 0.5) is 5.69 Å². The van der Waals surface area contributed by atoms with Gasteiger partial charge in [0.25, 0.3) is 0 Å². The van der Waals surface area contributed by atoms with Crippen LogP contribution in [0.25, 0.3) is 0 Å². The second-order valence-electron chi connectivity index (χ2n) is 5.92. The molecule has 0 aromatic carbocycles. The van der Waals surface area contributed by atoms with E-state index in [0.29, 0.717) is 11.6 Å². The lowest BCUT2D eigenvalue weighted by atomic mass is 9.73. The van der Waals surface area contributed by atoms with Crippen molar-refractivity contribution in [3.63, 3.8) is 0 Å². The fourth-order valence-electron chi connectivity index (χ4n) is 3.71. The van der Waals surface area contributed by atoms with Crippen molar-refractivity contribution in [3.05, 3.63) is 24.0 Å². The van der Waals surface area contributed by atoms with E-state index in [4.69, 9.17) is 5.73 Å². The predicted molar refractivity (Wildman–Crippen MR) is 77.6 cm³/mol. The molecule has 0 saturated heterocycles. The Balaban J connectivity index is 2.25. The molecule has 1 fully saturated rings. The normalized spacial score (nSPS) is 32.2. The van der Waals surface area contributed by atoms with Gasteiger partial charge in [0.2, 0.25) is 0 Å². The molecular weight excluding hydrogens is 260 g/mol. The van der Waals surface area contributed by atoms with Gasteiger partial charge in [0.1, 0.15) is 0 Å². The van der Waals surface area contributed by atoms with E-state index in [1.165, 1.54) is 6.26 Å². The first-order valence-electron chi connectivity index (χ1n) is 6.69. The number of nitrogens with zero attached hydrogens (tertiary/aromatic N) is 1. The number of anilines is 1. The highest BCUT2D eigenvalue weighted by atomic mass is 32.2. The first kappa shape index (κ1) is 14.3. The summed E-state index contributed by atoms with van der Waals surface area (Å²) in [6, 6.07) is 1.96. The third-order valence-corrected chi connectivity index (χ3v) is 6.17. The Bertz CT molecular complexity index is 544. The predicted octanol–water partition coefficient (Wildman–Crippen LogP) is 2.23. The molecule has 4 nitrogen and oxygen atoms in total. The number of sulfone groups is 1. The van der Waals surface area contributed by atoms with Crippen LogP contribution in [-0.2, 0) is 9.84 Å². The molecule has 4 atom stereocenters. The van der Waals surface area contributed by atoms with Crippen molar-refractivity contribution >= 4 is 15.5 Å². The number of nitrogen functional groups attached to an aromatic ring is 1. The minimum atomic E-state index is -2.98. The summed E-state index contributed by atoms with van der Waals surface area (Å²) in [6.07, 6.45) is 6.52. The van der Waals surface area contributed by atoms with Gasteiger partial charge in [-0.3, -0.25) is 4.98 Å². The van der Waals surface area contributed by atoms with Gasteiger partial charge in [-0.2, -0.15) is 0 Å². The van der Waals surface area contributed by atoms with Gasteiger partial charge in [-0.1, -0.05) is 13.8 Å². The molecule has 0 radical (unpaired) electrons. The Kier molecular flexibility index (Phi) is 3.85. The Labute approximate surface area is 115 Å². The third-order valence-electron chi connectivity index (χ3n) is 4.26. The smallest absolute Gasteiger partial charge is 0.150 e. The Morgan fingerprint density at radius 2 is 1.84 bits per heavy atom. The molecule has 1 saturated carbocycles. The summed E-state index contributed by atoms with van der Waals surface area (Å²) in [7, 11) is -2.98. The lowest BCUT2D eigenvalue weighted by Gasteiger charge is -2.38. The molecule has 19 heavy (non-hydrogen) atoms. The molecule has 1 aliphatic rings. The molecule has 1 heterocycles. The van der Waals surface area contributed by atoms with E-state index in [-0.39, 0.29) is 17.1 Å². The SMILES string of the molecule is C[C@@H]1C[C@H](c2ccncc2N)C[C@H](C)[C@@H]1S(C)(=O)=O. The highest BCUT2D eigenvalue weighted by Crippen LogP contribution is 2.43. The van der Waals surface area contributed by atoms with Crippen molar-refractivity contribution in [2.75, 3.05) is 12.0 Å². The first-order valence-corrected chi connectivity index (χ1v) is 8.64. The van der Waals surface area contributed by atoms with E-state index in [0.717, 1.165) is 18.4 Å². The van der Waals surface area contributed by atoms with Crippen LogP contribution in [0, 0.1) is 11.8 Å². The fraction of sp³-hybridized carbons (Fsp3) is 0.643. The number of pyridine rings is 1. The summed E-state index contributed by atoms with van der Waals surface area (Å²) in [6.45, 7) is 4.07. The van der Waals surface area contributed by atoms with Crippen LogP contribution in [0.5, 0.6) is 0 Å². The maximum atomic E-state index is 11.9. The topological polar surface area (TPSA) is 73.0 Å². The van der Waals surface area contributed by atoms with Crippen LogP contribution in [0.2, 0.25) is 0 Å². The molecule has 0 aliphatic heterocycles. The van der Waals surface area contributed by atoms with E-state index in [9.17, 15) is 8.42 Å². The van der Waals surface area contributed by atoms with E-state index in [1.807, 2.05) is 19.9 Å². The first-order chi connectivity index (χ1) is 8.80. The van der Waals surface area contributed by atoms with Gasteiger partial charge in [0.05, 0.1) is 17.1 Å². The molecule has 2 rings (SSSR count). The summed E-state index contributed by atoms with van der Waals surface area (Å²) in [5, 5.41) is -0.230. The maximum Gasteiger partial charge on any atom is 0.150 e. The van der Waals surface area contributed by atoms with E-state index in [1.54, 1.807) is 12.4 Å². The molecule has 2 N–H and O–H groups in total. The minimum absolute atomic E-state index is 0.163. The molecular formula is C14H22N2O2S. The van der Waals surface area contributed by atoms with Crippen molar-refractivity contribution in [2.45, 2.75) is 37.9 Å². The highest BCUT2D eigenvalue weighted by molar-refractivity contribution is 7.91. The lowest BCUT2D eigenvalue weighted by molar-refractivity contribution is 0.271. The molecule has 1 aromatic heterocycles. The zero-order valence-electron chi connectivity index (χ0n) is 11.7. The van der Waals surface area contributed by atoms with Gasteiger partial charge >= 0.3 is 0 Å². The van der Waals surface area contributed by atoms with Crippen LogP contribution < -0.4 is 5.73 Å². The molecule has 0 unspecified atom stereocenters. The van der Waals surface area contributed by atoms with Crippen LogP contribution in [0.15, 0.2) is 18.5 Å². The molecule has 0 amide bonds. The zero-order chi connectivity index (χ0) is 14.2. The fourth-order valence-corrected chi connectivity index (χ4v) is 5.62. The summed E-state index contributed by atoms with van der Waals surface area (Å²) < 4.78 is 23.8. The number of nitrogens with two attached hydrogens (primary N) is 1. The monoisotopic (exact) mass is 282 g/mol. The zero-order valence-corrected chi connectivity index (χ0v) is 12.5. The summed E-state index contributed by atoms with van der Waals surface area (Å²) in [4.78, 5) is 4.01.